The first-order valence-corrected chi connectivity index (χ1v) is 6.68. The van der Waals surface area contributed by atoms with E-state index in [2.05, 4.69) is 15.3 Å². The average Bonchev–Trinajstić information content (AvgIpc) is 2.45. The molecule has 2 aromatic rings. The molecule has 106 valence electrons. The van der Waals surface area contributed by atoms with Crippen molar-refractivity contribution >= 4 is 5.82 Å². The highest BCUT2D eigenvalue weighted by Gasteiger charge is 2.06. The minimum absolute atomic E-state index is 0.0751. The number of nitrogens with zero attached hydrogens (tertiary/aromatic N) is 2. The Morgan fingerprint density at radius 3 is 2.65 bits per heavy atom. The van der Waals surface area contributed by atoms with E-state index in [-0.39, 0.29) is 12.1 Å². The first-order chi connectivity index (χ1) is 9.65. The van der Waals surface area contributed by atoms with Crippen molar-refractivity contribution in [2.45, 2.75) is 26.0 Å². The molecule has 0 amide bonds. The normalized spacial score (nSPS) is 12.2. The number of hydrogen-bond donors (Lipinski definition) is 2. The molecule has 1 heterocycles. The molecule has 0 saturated carbocycles. The first-order valence-electron chi connectivity index (χ1n) is 6.68. The molecule has 0 aliphatic carbocycles. The Kier molecular flexibility index (Phi) is 4.90. The van der Waals surface area contributed by atoms with Crippen LogP contribution in [0, 0.1) is 0 Å². The summed E-state index contributed by atoms with van der Waals surface area (Å²) in [7, 11) is 0. The smallest absolute Gasteiger partial charge is 0.234 e. The second-order valence-electron chi connectivity index (χ2n) is 4.81. The lowest BCUT2D eigenvalue weighted by molar-refractivity contribution is 0.232. The summed E-state index contributed by atoms with van der Waals surface area (Å²) in [4.78, 5) is 8.42. The Morgan fingerprint density at radius 1 is 1.20 bits per heavy atom. The number of anilines is 1. The predicted octanol–water partition coefficient (Wildman–Crippen LogP) is 2.38. The van der Waals surface area contributed by atoms with Gasteiger partial charge in [-0.05, 0) is 19.4 Å². The molecule has 1 atom stereocenters. The van der Waals surface area contributed by atoms with Crippen molar-refractivity contribution in [2.24, 2.45) is 5.73 Å². The largest absolute Gasteiger partial charge is 0.474 e. The molecule has 0 radical (unpaired) electrons. The summed E-state index contributed by atoms with van der Waals surface area (Å²) < 4.78 is 5.50. The van der Waals surface area contributed by atoms with Crippen molar-refractivity contribution in [2.75, 3.05) is 11.9 Å². The van der Waals surface area contributed by atoms with Crippen molar-refractivity contribution in [3.8, 4) is 5.88 Å². The second kappa shape index (κ2) is 6.86. The Labute approximate surface area is 119 Å². The highest BCUT2D eigenvalue weighted by molar-refractivity contribution is 5.34. The fourth-order valence-corrected chi connectivity index (χ4v) is 1.76. The van der Waals surface area contributed by atoms with E-state index in [0.29, 0.717) is 18.2 Å². The van der Waals surface area contributed by atoms with Gasteiger partial charge in [0, 0.05) is 12.6 Å². The molecule has 5 heteroatoms. The third-order valence-corrected chi connectivity index (χ3v) is 2.70. The summed E-state index contributed by atoms with van der Waals surface area (Å²) in [5, 5.41) is 3.18. The molecular weight excluding hydrogens is 252 g/mol. The van der Waals surface area contributed by atoms with Crippen LogP contribution in [0.25, 0.3) is 0 Å². The van der Waals surface area contributed by atoms with Gasteiger partial charge in [0.1, 0.15) is 5.82 Å². The van der Waals surface area contributed by atoms with Gasteiger partial charge in [-0.1, -0.05) is 30.3 Å². The molecule has 5 nitrogen and oxygen atoms in total. The number of nitrogens with two attached hydrogens (primary N) is 1. The molecule has 0 saturated heterocycles. The van der Waals surface area contributed by atoms with Crippen LogP contribution < -0.4 is 15.8 Å². The topological polar surface area (TPSA) is 73.1 Å². The molecule has 0 aliphatic rings. The third kappa shape index (κ3) is 4.20. The highest BCUT2D eigenvalue weighted by Crippen LogP contribution is 2.13. The average molecular weight is 272 g/mol. The van der Waals surface area contributed by atoms with Gasteiger partial charge < -0.3 is 15.8 Å². The fraction of sp³-hybridized carbons (Fsp3) is 0.333. The summed E-state index contributed by atoms with van der Waals surface area (Å²) in [5.41, 5.74) is 7.21. The van der Waals surface area contributed by atoms with E-state index in [4.69, 9.17) is 10.5 Å². The van der Waals surface area contributed by atoms with E-state index >= 15 is 0 Å². The van der Waals surface area contributed by atoms with Gasteiger partial charge >= 0.3 is 0 Å². The van der Waals surface area contributed by atoms with E-state index in [0.717, 1.165) is 5.56 Å². The van der Waals surface area contributed by atoms with Gasteiger partial charge in [0.05, 0.1) is 18.5 Å². The minimum atomic E-state index is -0.0901. The monoisotopic (exact) mass is 272 g/mol. The van der Waals surface area contributed by atoms with Crippen LogP contribution in [0.4, 0.5) is 5.82 Å². The van der Waals surface area contributed by atoms with Crippen LogP contribution in [-0.2, 0) is 0 Å². The van der Waals surface area contributed by atoms with Crippen molar-refractivity contribution in [3.63, 3.8) is 0 Å². The van der Waals surface area contributed by atoms with Gasteiger partial charge in [0.2, 0.25) is 5.88 Å². The Bertz CT molecular complexity index is 530. The summed E-state index contributed by atoms with van der Waals surface area (Å²) in [5.74, 6) is 1.17. The van der Waals surface area contributed by atoms with Crippen LogP contribution in [0.15, 0.2) is 42.7 Å². The molecule has 1 aromatic heterocycles. The quantitative estimate of drug-likeness (QED) is 0.844. The van der Waals surface area contributed by atoms with Crippen molar-refractivity contribution < 1.29 is 4.74 Å². The molecule has 1 unspecified atom stereocenters. The number of rotatable bonds is 6. The van der Waals surface area contributed by atoms with E-state index in [9.17, 15) is 0 Å². The zero-order valence-corrected chi connectivity index (χ0v) is 11.8. The van der Waals surface area contributed by atoms with Crippen LogP contribution >= 0.6 is 0 Å². The Balaban J connectivity index is 1.94. The third-order valence-electron chi connectivity index (χ3n) is 2.70. The maximum atomic E-state index is 6.12. The van der Waals surface area contributed by atoms with Gasteiger partial charge in [0.15, 0.2) is 0 Å². The Hall–Kier alpha value is -2.14. The van der Waals surface area contributed by atoms with Crippen molar-refractivity contribution in [1.29, 1.82) is 0 Å². The van der Waals surface area contributed by atoms with Gasteiger partial charge in [-0.15, -0.1) is 0 Å². The summed E-state index contributed by atoms with van der Waals surface area (Å²) in [6.07, 6.45) is 3.33. The maximum Gasteiger partial charge on any atom is 0.234 e. The molecule has 20 heavy (non-hydrogen) atoms. The molecule has 0 aliphatic heterocycles. The van der Waals surface area contributed by atoms with Gasteiger partial charge in [-0.2, -0.15) is 4.98 Å². The molecular formula is C15H20N4O. The van der Waals surface area contributed by atoms with Crippen LogP contribution in [0.3, 0.4) is 0 Å². The van der Waals surface area contributed by atoms with E-state index in [1.807, 2.05) is 44.2 Å². The summed E-state index contributed by atoms with van der Waals surface area (Å²) in [6, 6.07) is 9.86. The van der Waals surface area contributed by atoms with Crippen LogP contribution in [0.2, 0.25) is 0 Å². The zero-order chi connectivity index (χ0) is 14.4. The number of benzene rings is 1. The summed E-state index contributed by atoms with van der Waals surface area (Å²) >= 11 is 0. The number of aromatic nitrogens is 2. The van der Waals surface area contributed by atoms with Crippen LogP contribution in [0.5, 0.6) is 5.88 Å². The van der Waals surface area contributed by atoms with Gasteiger partial charge in [-0.3, -0.25) is 4.98 Å². The minimum Gasteiger partial charge on any atom is -0.474 e. The lowest BCUT2D eigenvalue weighted by atomic mass is 10.1. The van der Waals surface area contributed by atoms with Gasteiger partial charge in [0.25, 0.3) is 0 Å². The zero-order valence-electron chi connectivity index (χ0n) is 11.8. The second-order valence-corrected chi connectivity index (χ2v) is 4.81. The molecule has 3 N–H and O–H groups in total. The number of ether oxygens (including phenoxy) is 1. The summed E-state index contributed by atoms with van der Waals surface area (Å²) in [6.45, 7) is 4.49. The first kappa shape index (κ1) is 14.3. The SMILES string of the molecule is CC(C)Oc1cncc(NCC(N)c2ccccc2)n1. The maximum absolute atomic E-state index is 6.12. The van der Waals surface area contributed by atoms with Crippen molar-refractivity contribution in [1.82, 2.24) is 9.97 Å². The van der Waals surface area contributed by atoms with E-state index in [1.54, 1.807) is 12.4 Å². The molecule has 1 aromatic carbocycles. The lowest BCUT2D eigenvalue weighted by Gasteiger charge is -2.14. The fourth-order valence-electron chi connectivity index (χ4n) is 1.76. The molecule has 2 rings (SSSR count). The van der Waals surface area contributed by atoms with Gasteiger partial charge in [-0.25, -0.2) is 0 Å². The predicted molar refractivity (Wildman–Crippen MR) is 79.7 cm³/mol. The Morgan fingerprint density at radius 2 is 1.95 bits per heavy atom. The standard InChI is InChI=1S/C15H20N4O/c1-11(2)20-15-10-17-9-14(19-15)18-8-13(16)12-6-4-3-5-7-12/h3-7,9-11,13H,8,16H2,1-2H3,(H,18,19). The van der Waals surface area contributed by atoms with Crippen LogP contribution in [0.1, 0.15) is 25.5 Å². The molecule has 0 bridgehead atoms. The number of nitrogens with one attached hydrogen (secondary N) is 1. The highest BCUT2D eigenvalue weighted by atomic mass is 16.5. The van der Waals surface area contributed by atoms with E-state index < -0.39 is 0 Å². The molecule has 0 fully saturated rings. The van der Waals surface area contributed by atoms with Crippen LogP contribution in [-0.4, -0.2) is 22.6 Å². The van der Waals surface area contributed by atoms with E-state index in [1.165, 1.54) is 0 Å². The van der Waals surface area contributed by atoms with Crippen molar-refractivity contribution in [3.05, 3.63) is 48.3 Å². The molecule has 0 spiro atoms. The number of hydrogen-bond acceptors (Lipinski definition) is 5. The lowest BCUT2D eigenvalue weighted by Crippen LogP contribution is -2.21.